The van der Waals surface area contributed by atoms with Crippen LogP contribution in [0.2, 0.25) is 5.02 Å². The second-order valence-corrected chi connectivity index (χ2v) is 4.42. The van der Waals surface area contributed by atoms with E-state index in [9.17, 15) is 4.39 Å². The summed E-state index contributed by atoms with van der Waals surface area (Å²) in [5.74, 6) is 0.400. The zero-order valence-electron chi connectivity index (χ0n) is 8.39. The highest BCUT2D eigenvalue weighted by molar-refractivity contribution is 6.31. The van der Waals surface area contributed by atoms with Gasteiger partial charge >= 0.3 is 0 Å². The number of nitrogens with one attached hydrogen (secondary N) is 1. The Labute approximate surface area is 93.6 Å². The molecule has 0 amide bonds. The van der Waals surface area contributed by atoms with Gasteiger partial charge in [-0.2, -0.15) is 0 Å². The number of rotatable bonds is 4. The first-order valence-corrected chi connectivity index (χ1v) is 5.53. The molecule has 0 bridgehead atoms. The fourth-order valence-corrected chi connectivity index (χ4v) is 1.70. The summed E-state index contributed by atoms with van der Waals surface area (Å²) in [4.78, 5) is 0. The lowest BCUT2D eigenvalue weighted by molar-refractivity contribution is 0.629. The molecule has 0 unspecified atom stereocenters. The van der Waals surface area contributed by atoms with E-state index in [0.717, 1.165) is 24.6 Å². The Morgan fingerprint density at radius 3 is 2.87 bits per heavy atom. The number of hydrogen-bond donors (Lipinski definition) is 2. The molecule has 3 N–H and O–H groups in total. The minimum atomic E-state index is -0.470. The third-order valence-corrected chi connectivity index (χ3v) is 2.95. The van der Waals surface area contributed by atoms with Gasteiger partial charge in [-0.3, -0.25) is 0 Å². The fourth-order valence-electron chi connectivity index (χ4n) is 1.53. The maximum Gasteiger partial charge on any atom is 0.143 e. The monoisotopic (exact) mass is 228 g/mol. The van der Waals surface area contributed by atoms with Crippen LogP contribution in [0.5, 0.6) is 0 Å². The smallest absolute Gasteiger partial charge is 0.143 e. The molecular formula is C11H14ClFN2. The van der Waals surface area contributed by atoms with Crippen molar-refractivity contribution in [2.24, 2.45) is 5.92 Å². The van der Waals surface area contributed by atoms with E-state index in [2.05, 4.69) is 5.32 Å². The largest absolute Gasteiger partial charge is 0.397 e. The third-order valence-electron chi connectivity index (χ3n) is 2.66. The van der Waals surface area contributed by atoms with Gasteiger partial charge in [0.15, 0.2) is 0 Å². The van der Waals surface area contributed by atoms with Crippen LogP contribution in [0.1, 0.15) is 19.3 Å². The van der Waals surface area contributed by atoms with Gasteiger partial charge in [0.25, 0.3) is 0 Å². The van der Waals surface area contributed by atoms with Gasteiger partial charge in [0, 0.05) is 12.6 Å². The Balaban J connectivity index is 1.96. The molecule has 15 heavy (non-hydrogen) atoms. The normalized spacial score (nSPS) is 15.3. The van der Waals surface area contributed by atoms with Gasteiger partial charge < -0.3 is 11.1 Å². The minimum absolute atomic E-state index is 0.109. The molecule has 1 aromatic rings. The molecular weight excluding hydrogens is 215 g/mol. The van der Waals surface area contributed by atoms with Crippen molar-refractivity contribution in [2.75, 3.05) is 17.6 Å². The number of anilines is 2. The Morgan fingerprint density at radius 1 is 1.47 bits per heavy atom. The van der Waals surface area contributed by atoms with E-state index in [1.54, 1.807) is 6.07 Å². The first-order chi connectivity index (χ1) is 7.16. The highest BCUT2D eigenvalue weighted by Gasteiger charge is 2.20. The molecule has 0 atom stereocenters. The third kappa shape index (κ3) is 2.75. The number of nitrogens with two attached hydrogens (primary N) is 1. The summed E-state index contributed by atoms with van der Waals surface area (Å²) in [6, 6.07) is 2.79. The van der Waals surface area contributed by atoms with Crippen molar-refractivity contribution in [1.29, 1.82) is 0 Å². The summed E-state index contributed by atoms with van der Waals surface area (Å²) in [5.41, 5.74) is 6.80. The Morgan fingerprint density at radius 2 is 2.20 bits per heavy atom. The van der Waals surface area contributed by atoms with E-state index in [0.29, 0.717) is 5.69 Å². The molecule has 1 aliphatic rings. The molecule has 1 aromatic carbocycles. The minimum Gasteiger partial charge on any atom is -0.397 e. The fraction of sp³-hybridized carbons (Fsp3) is 0.455. The van der Waals surface area contributed by atoms with Gasteiger partial charge in [-0.15, -0.1) is 0 Å². The topological polar surface area (TPSA) is 38.0 Å². The van der Waals surface area contributed by atoms with E-state index in [-0.39, 0.29) is 5.02 Å². The molecule has 1 fully saturated rings. The molecule has 0 spiro atoms. The molecule has 0 aliphatic heterocycles. The van der Waals surface area contributed by atoms with Gasteiger partial charge in [0.05, 0.1) is 16.4 Å². The SMILES string of the molecule is Nc1cc(F)c(Cl)cc1NCCC1CC1. The first kappa shape index (κ1) is 10.6. The van der Waals surface area contributed by atoms with Crippen LogP contribution in [0.15, 0.2) is 12.1 Å². The summed E-state index contributed by atoms with van der Waals surface area (Å²) in [7, 11) is 0. The summed E-state index contributed by atoms with van der Waals surface area (Å²) in [6.07, 6.45) is 3.82. The van der Waals surface area contributed by atoms with E-state index < -0.39 is 5.82 Å². The average molecular weight is 229 g/mol. The number of nitrogen functional groups attached to an aromatic ring is 1. The van der Waals surface area contributed by atoms with Crippen molar-refractivity contribution < 1.29 is 4.39 Å². The quantitative estimate of drug-likeness (QED) is 0.777. The Bertz CT molecular complexity index is 364. The summed E-state index contributed by atoms with van der Waals surface area (Å²) >= 11 is 5.67. The summed E-state index contributed by atoms with van der Waals surface area (Å²) in [6.45, 7) is 0.872. The molecule has 0 aromatic heterocycles. The lowest BCUT2D eigenvalue weighted by atomic mass is 10.2. The molecule has 2 rings (SSSR count). The zero-order chi connectivity index (χ0) is 10.8. The van der Waals surface area contributed by atoms with Gasteiger partial charge in [-0.1, -0.05) is 24.4 Å². The molecule has 1 saturated carbocycles. The predicted octanol–water partition coefficient (Wildman–Crippen LogP) is 3.27. The van der Waals surface area contributed by atoms with Gasteiger partial charge in [-0.25, -0.2) is 4.39 Å². The molecule has 0 saturated heterocycles. The lowest BCUT2D eigenvalue weighted by Gasteiger charge is -2.09. The van der Waals surface area contributed by atoms with Crippen LogP contribution in [-0.4, -0.2) is 6.54 Å². The molecule has 0 heterocycles. The van der Waals surface area contributed by atoms with E-state index in [4.69, 9.17) is 17.3 Å². The van der Waals surface area contributed by atoms with Crippen molar-refractivity contribution in [3.8, 4) is 0 Å². The van der Waals surface area contributed by atoms with Gasteiger partial charge in [0.2, 0.25) is 0 Å². The average Bonchev–Trinajstić information content (AvgIpc) is 2.97. The van der Waals surface area contributed by atoms with Crippen LogP contribution in [0.3, 0.4) is 0 Å². The standard InChI is InChI=1S/C11H14ClFN2/c12-8-5-11(10(14)6-9(8)13)15-4-3-7-1-2-7/h5-7,15H,1-4,14H2. The second-order valence-electron chi connectivity index (χ2n) is 4.01. The van der Waals surface area contributed by atoms with Crippen molar-refractivity contribution in [2.45, 2.75) is 19.3 Å². The van der Waals surface area contributed by atoms with Gasteiger partial charge in [-0.05, 0) is 18.4 Å². The lowest BCUT2D eigenvalue weighted by Crippen LogP contribution is -2.05. The highest BCUT2D eigenvalue weighted by Crippen LogP contribution is 2.32. The van der Waals surface area contributed by atoms with Crippen LogP contribution in [0.4, 0.5) is 15.8 Å². The van der Waals surface area contributed by atoms with Crippen LogP contribution >= 0.6 is 11.6 Å². The molecule has 1 aliphatic carbocycles. The van der Waals surface area contributed by atoms with Crippen molar-refractivity contribution in [3.63, 3.8) is 0 Å². The van der Waals surface area contributed by atoms with E-state index in [1.807, 2.05) is 0 Å². The maximum atomic E-state index is 13.0. The number of halogens is 2. The second kappa shape index (κ2) is 4.27. The van der Waals surface area contributed by atoms with E-state index >= 15 is 0 Å². The van der Waals surface area contributed by atoms with Crippen LogP contribution in [-0.2, 0) is 0 Å². The summed E-state index contributed by atoms with van der Waals surface area (Å²) in [5, 5.41) is 3.29. The van der Waals surface area contributed by atoms with Crippen LogP contribution in [0, 0.1) is 11.7 Å². The zero-order valence-corrected chi connectivity index (χ0v) is 9.15. The predicted molar refractivity (Wildman–Crippen MR) is 61.7 cm³/mol. The van der Waals surface area contributed by atoms with Crippen molar-refractivity contribution in [1.82, 2.24) is 0 Å². The maximum absolute atomic E-state index is 13.0. The molecule has 82 valence electrons. The first-order valence-electron chi connectivity index (χ1n) is 5.15. The molecule has 2 nitrogen and oxygen atoms in total. The van der Waals surface area contributed by atoms with Crippen molar-refractivity contribution >= 4 is 23.0 Å². The number of hydrogen-bond acceptors (Lipinski definition) is 2. The Hall–Kier alpha value is -0.960. The van der Waals surface area contributed by atoms with Crippen LogP contribution in [0.25, 0.3) is 0 Å². The number of benzene rings is 1. The summed E-state index contributed by atoms with van der Waals surface area (Å²) < 4.78 is 13.0. The van der Waals surface area contributed by atoms with Crippen molar-refractivity contribution in [3.05, 3.63) is 23.0 Å². The molecule has 4 heteroatoms. The van der Waals surface area contributed by atoms with E-state index in [1.165, 1.54) is 18.9 Å². The Kier molecular flexibility index (Phi) is 3.00. The van der Waals surface area contributed by atoms with Gasteiger partial charge in [0.1, 0.15) is 5.82 Å². The highest BCUT2D eigenvalue weighted by atomic mass is 35.5. The molecule has 0 radical (unpaired) electrons. The van der Waals surface area contributed by atoms with Crippen LogP contribution < -0.4 is 11.1 Å².